The molecule has 0 radical (unpaired) electrons. The third kappa shape index (κ3) is 5.29. The Morgan fingerprint density at radius 1 is 1.13 bits per heavy atom. The molecule has 0 aromatic heterocycles. The minimum atomic E-state index is -0.814. The number of aryl methyl sites for hydroxylation is 2. The van der Waals surface area contributed by atoms with Gasteiger partial charge in [-0.25, -0.2) is 9.78 Å². The largest absolute Gasteiger partial charge is 0.481 e. The number of hydrogen-bond acceptors (Lipinski definition) is 6. The van der Waals surface area contributed by atoms with E-state index in [4.69, 9.17) is 5.11 Å². The average molecular weight is 415 g/mol. The number of hydrogen-bond donors (Lipinski definition) is 2. The van der Waals surface area contributed by atoms with Gasteiger partial charge in [0.05, 0.1) is 11.0 Å². The van der Waals surface area contributed by atoms with Gasteiger partial charge in [0.15, 0.2) is 11.5 Å². The topological polar surface area (TPSA) is 121 Å². The fourth-order valence-corrected chi connectivity index (χ4v) is 3.16. The van der Waals surface area contributed by atoms with E-state index in [1.807, 2.05) is 56.3 Å². The van der Waals surface area contributed by atoms with Gasteiger partial charge in [-0.1, -0.05) is 13.8 Å². The number of carboxylic acid groups (broad SMARTS) is 1. The zero-order valence-corrected chi connectivity index (χ0v) is 18.2. The van der Waals surface area contributed by atoms with Crippen LogP contribution in [-0.2, 0) is 11.3 Å². The number of H-pyrrole nitrogens is 1. The van der Waals surface area contributed by atoms with Crippen molar-refractivity contribution < 1.29 is 9.90 Å². The molecule has 0 aliphatic carbocycles. The molecule has 1 aromatic carbocycles. The molecule has 0 saturated heterocycles. The van der Waals surface area contributed by atoms with E-state index in [9.17, 15) is 14.4 Å². The van der Waals surface area contributed by atoms with Crippen molar-refractivity contribution in [2.45, 2.75) is 47.1 Å². The van der Waals surface area contributed by atoms with Gasteiger partial charge in [-0.2, -0.15) is 4.98 Å². The van der Waals surface area contributed by atoms with E-state index in [1.165, 1.54) is 0 Å². The summed E-state index contributed by atoms with van der Waals surface area (Å²) in [6, 6.07) is 3.90. The maximum Gasteiger partial charge on any atom is 0.349 e. The molecule has 0 bridgehead atoms. The first-order chi connectivity index (χ1) is 14.3. The van der Waals surface area contributed by atoms with Crippen LogP contribution in [0.15, 0.2) is 21.7 Å². The third-order valence-electron chi connectivity index (χ3n) is 4.86. The molecule has 2 aliphatic heterocycles. The second kappa shape index (κ2) is 10.1. The molecule has 162 valence electrons. The standard InChI is InChI=1S/C19H23N5O4.C2H6/c1-11-9-13-14(10-12(11)2)24(8-7-23(3)6-4-5-15(25)26)17-16(20-13)18(27)22-19(28)21-17;1-2/h9-10H,4-8H2,1-3H3,(H,25,26)(H,22,27,28);1-2H3. The van der Waals surface area contributed by atoms with Crippen LogP contribution in [0, 0.1) is 13.8 Å². The molecule has 0 spiro atoms. The van der Waals surface area contributed by atoms with Crippen molar-refractivity contribution in [2.24, 2.45) is 0 Å². The number of aliphatic carboxylic acids is 1. The monoisotopic (exact) mass is 415 g/mol. The lowest BCUT2D eigenvalue weighted by Gasteiger charge is -2.21. The Morgan fingerprint density at radius 2 is 1.80 bits per heavy atom. The van der Waals surface area contributed by atoms with Crippen LogP contribution in [0.3, 0.4) is 0 Å². The summed E-state index contributed by atoms with van der Waals surface area (Å²) in [4.78, 5) is 47.3. The van der Waals surface area contributed by atoms with Crippen molar-refractivity contribution in [1.82, 2.24) is 24.4 Å². The SMILES string of the molecule is CC.Cc1cc2nc3c(=O)[nH]c(=O)nc-3n(CCN(C)CCCC(=O)O)c2cc1C. The Labute approximate surface area is 174 Å². The van der Waals surface area contributed by atoms with E-state index in [2.05, 4.69) is 15.0 Å². The highest BCUT2D eigenvalue weighted by Crippen LogP contribution is 2.23. The molecule has 2 heterocycles. The van der Waals surface area contributed by atoms with Gasteiger partial charge in [0.1, 0.15) is 0 Å². The lowest BCUT2D eigenvalue weighted by Crippen LogP contribution is -2.31. The van der Waals surface area contributed by atoms with Crippen LogP contribution in [-0.4, -0.2) is 55.6 Å². The number of rotatable bonds is 7. The van der Waals surface area contributed by atoms with Crippen LogP contribution < -0.4 is 11.2 Å². The fraction of sp³-hybridized carbons (Fsp3) is 0.476. The minimum Gasteiger partial charge on any atom is -0.481 e. The number of carboxylic acids is 1. The van der Waals surface area contributed by atoms with Crippen molar-refractivity contribution in [3.05, 3.63) is 44.1 Å². The Bertz CT molecular complexity index is 1120. The summed E-state index contributed by atoms with van der Waals surface area (Å²) < 4.78 is 1.84. The number of aromatic amines is 1. The van der Waals surface area contributed by atoms with Gasteiger partial charge in [0.2, 0.25) is 0 Å². The first kappa shape index (κ1) is 23.2. The number of benzene rings is 1. The summed E-state index contributed by atoms with van der Waals surface area (Å²) in [5.41, 5.74) is 2.46. The van der Waals surface area contributed by atoms with Crippen molar-refractivity contribution in [1.29, 1.82) is 0 Å². The predicted octanol–water partition coefficient (Wildman–Crippen LogP) is 2.02. The van der Waals surface area contributed by atoms with Crippen molar-refractivity contribution >= 4 is 17.0 Å². The summed E-state index contributed by atoms with van der Waals surface area (Å²) in [5, 5.41) is 8.77. The molecule has 0 unspecified atom stereocenters. The molecule has 2 N–H and O–H groups in total. The molecule has 0 fully saturated rings. The molecule has 0 atom stereocenters. The molecular formula is C21H29N5O4. The predicted molar refractivity (Wildman–Crippen MR) is 116 cm³/mol. The summed E-state index contributed by atoms with van der Waals surface area (Å²) in [5.74, 6) is -0.561. The van der Waals surface area contributed by atoms with Gasteiger partial charge < -0.3 is 14.6 Å². The second-order valence-electron chi connectivity index (χ2n) is 7.03. The van der Waals surface area contributed by atoms with Crippen molar-refractivity contribution in [3.8, 4) is 11.5 Å². The summed E-state index contributed by atoms with van der Waals surface area (Å²) >= 11 is 0. The van der Waals surface area contributed by atoms with Gasteiger partial charge in [-0.3, -0.25) is 14.6 Å². The van der Waals surface area contributed by atoms with Crippen molar-refractivity contribution in [2.75, 3.05) is 20.1 Å². The fourth-order valence-electron chi connectivity index (χ4n) is 3.16. The number of nitrogens with zero attached hydrogens (tertiary/aromatic N) is 4. The van der Waals surface area contributed by atoms with Gasteiger partial charge in [0.25, 0.3) is 5.56 Å². The molecule has 9 heteroatoms. The molecule has 0 amide bonds. The minimum absolute atomic E-state index is 0.119. The van der Waals surface area contributed by atoms with Crippen molar-refractivity contribution in [3.63, 3.8) is 0 Å². The highest BCUT2D eigenvalue weighted by atomic mass is 16.4. The summed E-state index contributed by atoms with van der Waals surface area (Å²) in [7, 11) is 1.91. The number of fused-ring (bicyclic) bond motifs is 2. The van der Waals surface area contributed by atoms with E-state index < -0.39 is 17.2 Å². The van der Waals surface area contributed by atoms with Gasteiger partial charge in [-0.15, -0.1) is 0 Å². The number of nitrogens with one attached hydrogen (secondary N) is 1. The first-order valence-electron chi connectivity index (χ1n) is 10.1. The van der Waals surface area contributed by atoms with Crippen LogP contribution in [0.25, 0.3) is 22.6 Å². The first-order valence-corrected chi connectivity index (χ1v) is 10.1. The van der Waals surface area contributed by atoms with Gasteiger partial charge in [0, 0.05) is 19.5 Å². The Balaban J connectivity index is 0.00000155. The van der Waals surface area contributed by atoms with Gasteiger partial charge >= 0.3 is 11.7 Å². The molecule has 30 heavy (non-hydrogen) atoms. The highest BCUT2D eigenvalue weighted by molar-refractivity contribution is 5.81. The van der Waals surface area contributed by atoms with Crippen LogP contribution >= 0.6 is 0 Å². The smallest absolute Gasteiger partial charge is 0.349 e. The zero-order valence-electron chi connectivity index (χ0n) is 18.2. The number of carbonyl (C=O) groups is 1. The maximum atomic E-state index is 12.3. The van der Waals surface area contributed by atoms with Crippen LogP contribution in [0.5, 0.6) is 0 Å². The van der Waals surface area contributed by atoms with Crippen LogP contribution in [0.4, 0.5) is 0 Å². The number of aromatic nitrogens is 4. The highest BCUT2D eigenvalue weighted by Gasteiger charge is 2.19. The third-order valence-corrected chi connectivity index (χ3v) is 4.86. The van der Waals surface area contributed by atoms with E-state index in [0.717, 1.165) is 16.6 Å². The van der Waals surface area contributed by atoms with E-state index in [0.29, 0.717) is 31.6 Å². The average Bonchev–Trinajstić information content (AvgIpc) is 2.68. The molecule has 3 rings (SSSR count). The molecule has 0 saturated carbocycles. The van der Waals surface area contributed by atoms with E-state index >= 15 is 0 Å². The zero-order chi connectivity index (χ0) is 22.4. The molecular weight excluding hydrogens is 386 g/mol. The van der Waals surface area contributed by atoms with E-state index in [1.54, 1.807) is 0 Å². The summed E-state index contributed by atoms with van der Waals surface area (Å²) in [6.45, 7) is 9.69. The summed E-state index contributed by atoms with van der Waals surface area (Å²) in [6.07, 6.45) is 0.669. The lowest BCUT2D eigenvalue weighted by atomic mass is 10.1. The Kier molecular flexibility index (Phi) is 7.82. The van der Waals surface area contributed by atoms with Crippen LogP contribution in [0.2, 0.25) is 0 Å². The maximum absolute atomic E-state index is 12.3. The Hall–Kier alpha value is -3.07. The Morgan fingerprint density at radius 3 is 2.47 bits per heavy atom. The van der Waals surface area contributed by atoms with Gasteiger partial charge in [-0.05, 0) is 57.1 Å². The quantitative estimate of drug-likeness (QED) is 0.566. The molecule has 1 aromatic rings. The normalized spacial score (nSPS) is 11.0. The second-order valence-corrected chi connectivity index (χ2v) is 7.03. The van der Waals surface area contributed by atoms with E-state index in [-0.39, 0.29) is 17.9 Å². The molecule has 2 aliphatic rings. The lowest BCUT2D eigenvalue weighted by molar-refractivity contribution is -0.137. The van der Waals surface area contributed by atoms with Crippen LogP contribution in [0.1, 0.15) is 37.8 Å². The molecule has 9 nitrogen and oxygen atoms in total. The number of likely N-dealkylation sites (N-methyl/N-ethyl adjacent to an activating group) is 1.